The molecule has 0 aromatic heterocycles. The first-order chi connectivity index (χ1) is 13.6. The average Bonchev–Trinajstić information content (AvgIpc) is 2.67. The van der Waals surface area contributed by atoms with Crippen LogP contribution in [0.5, 0.6) is 0 Å². The molecule has 2 radical (unpaired) electrons. The molecule has 0 bridgehead atoms. The molecule has 0 aliphatic carbocycles. The van der Waals surface area contributed by atoms with Crippen LogP contribution in [-0.2, 0) is 4.74 Å². The zero-order valence-corrected chi connectivity index (χ0v) is 25.5. The van der Waals surface area contributed by atoms with E-state index in [-0.39, 0.29) is 23.9 Å². The Hall–Kier alpha value is 0.689. The van der Waals surface area contributed by atoms with Crippen LogP contribution in [0.3, 0.4) is 0 Å². The molecule has 0 spiro atoms. The van der Waals surface area contributed by atoms with E-state index in [2.05, 4.69) is 27.7 Å². The van der Waals surface area contributed by atoms with Crippen molar-refractivity contribution in [2.75, 3.05) is 6.61 Å². The van der Waals surface area contributed by atoms with Gasteiger partial charge in [-0.1, -0.05) is 124 Å². The summed E-state index contributed by atoms with van der Waals surface area (Å²) < 4.78 is 6.03. The summed E-state index contributed by atoms with van der Waals surface area (Å²) >= 11 is 5.71. The molecular formula is C26H54OSSn. The quantitative estimate of drug-likeness (QED) is 0.0829. The maximum absolute atomic E-state index is 6.03. The molecule has 1 nitrogen and oxygen atoms in total. The van der Waals surface area contributed by atoms with E-state index >= 15 is 0 Å². The van der Waals surface area contributed by atoms with Crippen molar-refractivity contribution in [2.24, 2.45) is 11.8 Å². The second-order valence-corrected chi connectivity index (χ2v) is 9.62. The first kappa shape index (κ1) is 31.9. The standard InChI is InChI=1S/C26H52OS.Sn.2H/c1-5-7-9-11-13-17-21-25(22-18-15-16-20-24(3)4)26(28)27-23-19-14-12-10-8-6-2;;;/h24-25H,5-23H2,1-4H3;;;. The van der Waals surface area contributed by atoms with Gasteiger partial charge in [0.15, 0.2) is 5.05 Å². The van der Waals surface area contributed by atoms with Crippen molar-refractivity contribution in [1.82, 2.24) is 0 Å². The number of hydrogen-bond donors (Lipinski definition) is 0. The molecule has 0 aliphatic rings. The van der Waals surface area contributed by atoms with Gasteiger partial charge in [0.1, 0.15) is 0 Å². The van der Waals surface area contributed by atoms with E-state index in [1.165, 1.54) is 116 Å². The Morgan fingerprint density at radius 3 is 1.55 bits per heavy atom. The fraction of sp³-hybridized carbons (Fsp3) is 0.962. The molecule has 0 heterocycles. The van der Waals surface area contributed by atoms with Crippen molar-refractivity contribution in [1.29, 1.82) is 0 Å². The Morgan fingerprint density at radius 1 is 0.621 bits per heavy atom. The van der Waals surface area contributed by atoms with Gasteiger partial charge in [0, 0.05) is 5.92 Å². The number of hydrogen-bond acceptors (Lipinski definition) is 2. The van der Waals surface area contributed by atoms with Crippen molar-refractivity contribution >= 4 is 41.2 Å². The Balaban J connectivity index is 0. The van der Waals surface area contributed by atoms with Gasteiger partial charge in [0.05, 0.1) is 6.61 Å². The molecule has 29 heavy (non-hydrogen) atoms. The van der Waals surface area contributed by atoms with Crippen LogP contribution in [0.1, 0.15) is 143 Å². The molecule has 0 aromatic rings. The predicted octanol–water partition coefficient (Wildman–Crippen LogP) is 8.75. The molecule has 1 atom stereocenters. The second kappa shape index (κ2) is 25.0. The van der Waals surface area contributed by atoms with Crippen molar-refractivity contribution in [3.63, 3.8) is 0 Å². The van der Waals surface area contributed by atoms with E-state index in [0.29, 0.717) is 5.92 Å². The summed E-state index contributed by atoms with van der Waals surface area (Å²) in [7, 11) is 0. The third-order valence-electron chi connectivity index (χ3n) is 5.82. The fourth-order valence-electron chi connectivity index (χ4n) is 3.84. The SMILES string of the molecule is CCCCCCCCOC(=S)C(CCCCCCCC)CCCCCC(C)C.[SnH2]. The minimum atomic E-state index is 0. The monoisotopic (exact) mass is 534 g/mol. The van der Waals surface area contributed by atoms with Crippen molar-refractivity contribution in [2.45, 2.75) is 143 Å². The fourth-order valence-corrected chi connectivity index (χ4v) is 4.16. The summed E-state index contributed by atoms with van der Waals surface area (Å²) in [6, 6.07) is 0. The van der Waals surface area contributed by atoms with Gasteiger partial charge < -0.3 is 4.74 Å². The molecule has 0 aliphatic heterocycles. The van der Waals surface area contributed by atoms with Crippen LogP contribution in [0.4, 0.5) is 0 Å². The van der Waals surface area contributed by atoms with Crippen molar-refractivity contribution < 1.29 is 4.74 Å². The van der Waals surface area contributed by atoms with E-state index in [1.54, 1.807) is 0 Å². The van der Waals surface area contributed by atoms with E-state index < -0.39 is 0 Å². The number of rotatable bonds is 21. The van der Waals surface area contributed by atoms with Crippen LogP contribution in [0.2, 0.25) is 0 Å². The Labute approximate surface area is 206 Å². The first-order valence-electron chi connectivity index (χ1n) is 12.8. The van der Waals surface area contributed by atoms with Gasteiger partial charge in [0.2, 0.25) is 0 Å². The van der Waals surface area contributed by atoms with Crippen LogP contribution in [0.15, 0.2) is 0 Å². The summed E-state index contributed by atoms with van der Waals surface area (Å²) in [5.41, 5.74) is 0. The molecule has 0 rings (SSSR count). The predicted molar refractivity (Wildman–Crippen MR) is 140 cm³/mol. The molecule has 0 saturated carbocycles. The van der Waals surface area contributed by atoms with Crippen molar-refractivity contribution in [3.05, 3.63) is 0 Å². The molecule has 0 saturated heterocycles. The third-order valence-corrected chi connectivity index (χ3v) is 6.27. The number of thiocarbonyl (C=S) groups is 1. The average molecular weight is 533 g/mol. The van der Waals surface area contributed by atoms with E-state index in [4.69, 9.17) is 17.0 Å². The molecule has 174 valence electrons. The van der Waals surface area contributed by atoms with Crippen LogP contribution in [-0.4, -0.2) is 35.6 Å². The van der Waals surface area contributed by atoms with Crippen LogP contribution >= 0.6 is 12.2 Å². The Kier molecular flexibility index (Phi) is 27.4. The van der Waals surface area contributed by atoms with E-state index in [0.717, 1.165) is 17.6 Å². The summed E-state index contributed by atoms with van der Waals surface area (Å²) in [4.78, 5) is 0. The van der Waals surface area contributed by atoms with Crippen LogP contribution in [0, 0.1) is 11.8 Å². The van der Waals surface area contributed by atoms with Gasteiger partial charge in [-0.25, -0.2) is 0 Å². The van der Waals surface area contributed by atoms with Gasteiger partial charge in [-0.3, -0.25) is 0 Å². The van der Waals surface area contributed by atoms with Gasteiger partial charge in [0.25, 0.3) is 0 Å². The molecule has 0 amide bonds. The van der Waals surface area contributed by atoms with Gasteiger partial charge >= 0.3 is 23.9 Å². The molecule has 3 heteroatoms. The van der Waals surface area contributed by atoms with Crippen LogP contribution in [0.25, 0.3) is 0 Å². The zero-order valence-electron chi connectivity index (χ0n) is 20.6. The van der Waals surface area contributed by atoms with E-state index in [1.807, 2.05) is 0 Å². The number of unbranched alkanes of at least 4 members (excludes halogenated alkanes) is 12. The topological polar surface area (TPSA) is 9.23 Å². The van der Waals surface area contributed by atoms with Gasteiger partial charge in [-0.15, -0.1) is 0 Å². The molecule has 1 unspecified atom stereocenters. The molecule has 0 N–H and O–H groups in total. The maximum atomic E-state index is 6.03. The summed E-state index contributed by atoms with van der Waals surface area (Å²) in [6.45, 7) is 10.0. The van der Waals surface area contributed by atoms with Gasteiger partial charge in [-0.05, 0) is 37.4 Å². The normalized spacial score (nSPS) is 12.0. The third kappa shape index (κ3) is 23.2. The summed E-state index contributed by atoms with van der Waals surface area (Å²) in [6.07, 6.45) is 23.9. The first-order valence-corrected chi connectivity index (χ1v) is 13.2. The Bertz CT molecular complexity index is 333. The minimum absolute atomic E-state index is 0. The zero-order chi connectivity index (χ0) is 20.9. The van der Waals surface area contributed by atoms with Gasteiger partial charge in [-0.2, -0.15) is 0 Å². The van der Waals surface area contributed by atoms with E-state index in [9.17, 15) is 0 Å². The molecular weight excluding hydrogens is 479 g/mol. The van der Waals surface area contributed by atoms with Crippen LogP contribution < -0.4 is 0 Å². The summed E-state index contributed by atoms with van der Waals surface area (Å²) in [5, 5.41) is 0.922. The number of ether oxygens (including phenoxy) is 1. The summed E-state index contributed by atoms with van der Waals surface area (Å²) in [5.74, 6) is 1.35. The second-order valence-electron chi connectivity index (χ2n) is 9.22. The molecule has 0 fully saturated rings. The Morgan fingerprint density at radius 2 is 1.03 bits per heavy atom. The van der Waals surface area contributed by atoms with Crippen molar-refractivity contribution in [3.8, 4) is 0 Å². The molecule has 0 aromatic carbocycles.